The van der Waals surface area contributed by atoms with Gasteiger partial charge in [0.15, 0.2) is 5.69 Å². The molecule has 0 fully saturated rings. The highest BCUT2D eigenvalue weighted by atomic mass is 16.6. The van der Waals surface area contributed by atoms with Crippen LogP contribution < -0.4 is 10.6 Å². The zero-order valence-corrected chi connectivity index (χ0v) is 14.8. The number of hydrogen-bond donors (Lipinski definition) is 3. The van der Waals surface area contributed by atoms with Gasteiger partial charge >= 0.3 is 6.09 Å². The van der Waals surface area contributed by atoms with Crippen molar-refractivity contribution in [2.75, 3.05) is 19.6 Å². The molecule has 3 amide bonds. The van der Waals surface area contributed by atoms with E-state index in [1.54, 1.807) is 4.90 Å². The monoisotopic (exact) mass is 351 g/mol. The van der Waals surface area contributed by atoms with E-state index in [0.29, 0.717) is 44.6 Å². The van der Waals surface area contributed by atoms with Gasteiger partial charge in [0.1, 0.15) is 5.60 Å². The number of aromatic nitrogens is 2. The van der Waals surface area contributed by atoms with Crippen molar-refractivity contribution in [1.29, 1.82) is 0 Å². The molecule has 1 aromatic heterocycles. The highest BCUT2D eigenvalue weighted by Gasteiger charge is 2.30. The lowest BCUT2D eigenvalue weighted by molar-refractivity contribution is -0.109. The average molecular weight is 351 g/mol. The Balaban J connectivity index is 1.97. The first-order valence-corrected chi connectivity index (χ1v) is 8.31. The second-order valence-electron chi connectivity index (χ2n) is 6.86. The Morgan fingerprint density at radius 2 is 2.12 bits per heavy atom. The van der Waals surface area contributed by atoms with Crippen LogP contribution in [0.3, 0.4) is 0 Å². The van der Waals surface area contributed by atoms with E-state index >= 15 is 0 Å². The van der Waals surface area contributed by atoms with Crippen LogP contribution in [0, 0.1) is 0 Å². The molecule has 0 radical (unpaired) electrons. The molecule has 9 heteroatoms. The van der Waals surface area contributed by atoms with E-state index in [9.17, 15) is 14.4 Å². The summed E-state index contributed by atoms with van der Waals surface area (Å²) >= 11 is 0. The molecule has 0 saturated heterocycles. The van der Waals surface area contributed by atoms with Gasteiger partial charge in [0.25, 0.3) is 5.91 Å². The van der Waals surface area contributed by atoms with Gasteiger partial charge in [-0.25, -0.2) is 4.79 Å². The SMILES string of the molecule is CC(C)(C)OC(=O)N1CCc2[nH]nc(C(=O)NCCCNC=O)c2C1. The molecule has 1 aromatic rings. The quantitative estimate of drug-likeness (QED) is 0.512. The number of nitrogens with zero attached hydrogens (tertiary/aromatic N) is 2. The summed E-state index contributed by atoms with van der Waals surface area (Å²) in [6, 6.07) is 0. The number of aromatic amines is 1. The molecule has 1 aliphatic heterocycles. The van der Waals surface area contributed by atoms with Crippen LogP contribution in [0.5, 0.6) is 0 Å². The van der Waals surface area contributed by atoms with Crippen LogP contribution in [0.4, 0.5) is 4.79 Å². The molecule has 0 atom stereocenters. The third-order valence-corrected chi connectivity index (χ3v) is 3.67. The van der Waals surface area contributed by atoms with E-state index in [-0.39, 0.29) is 12.5 Å². The fraction of sp³-hybridized carbons (Fsp3) is 0.625. The Morgan fingerprint density at radius 1 is 1.36 bits per heavy atom. The number of nitrogens with one attached hydrogen (secondary N) is 3. The van der Waals surface area contributed by atoms with Gasteiger partial charge in [-0.3, -0.25) is 14.7 Å². The van der Waals surface area contributed by atoms with Gasteiger partial charge in [0.05, 0.1) is 6.54 Å². The highest BCUT2D eigenvalue weighted by molar-refractivity contribution is 5.94. The van der Waals surface area contributed by atoms with Crippen molar-refractivity contribution in [3.05, 3.63) is 17.0 Å². The molecule has 0 unspecified atom stereocenters. The summed E-state index contributed by atoms with van der Waals surface area (Å²) in [6.07, 6.45) is 1.45. The second-order valence-corrected chi connectivity index (χ2v) is 6.86. The first-order valence-electron chi connectivity index (χ1n) is 8.31. The van der Waals surface area contributed by atoms with Gasteiger partial charge in [0.2, 0.25) is 6.41 Å². The molecule has 2 heterocycles. The zero-order chi connectivity index (χ0) is 18.4. The Morgan fingerprint density at radius 3 is 2.80 bits per heavy atom. The highest BCUT2D eigenvalue weighted by Crippen LogP contribution is 2.22. The van der Waals surface area contributed by atoms with Crippen LogP contribution in [-0.2, 0) is 22.5 Å². The van der Waals surface area contributed by atoms with E-state index in [0.717, 1.165) is 11.3 Å². The largest absolute Gasteiger partial charge is 0.444 e. The number of fused-ring (bicyclic) bond motifs is 1. The van der Waals surface area contributed by atoms with Gasteiger partial charge in [-0.15, -0.1) is 0 Å². The van der Waals surface area contributed by atoms with Crippen molar-refractivity contribution in [3.8, 4) is 0 Å². The Hall–Kier alpha value is -2.58. The van der Waals surface area contributed by atoms with E-state index < -0.39 is 11.7 Å². The van der Waals surface area contributed by atoms with Crippen LogP contribution in [0.15, 0.2) is 0 Å². The summed E-state index contributed by atoms with van der Waals surface area (Å²) in [5.74, 6) is -0.297. The lowest BCUT2D eigenvalue weighted by atomic mass is 10.1. The maximum absolute atomic E-state index is 12.3. The molecule has 9 nitrogen and oxygen atoms in total. The van der Waals surface area contributed by atoms with Crippen molar-refractivity contribution in [2.24, 2.45) is 0 Å². The Kier molecular flexibility index (Phi) is 6.00. The molecule has 3 N–H and O–H groups in total. The van der Waals surface area contributed by atoms with Crippen molar-refractivity contribution in [2.45, 2.75) is 45.8 Å². The molecule has 0 aromatic carbocycles. The second kappa shape index (κ2) is 8.00. The molecule has 138 valence electrons. The third-order valence-electron chi connectivity index (χ3n) is 3.67. The van der Waals surface area contributed by atoms with E-state index in [1.807, 2.05) is 20.8 Å². The molecule has 25 heavy (non-hydrogen) atoms. The molecular weight excluding hydrogens is 326 g/mol. The van der Waals surface area contributed by atoms with Crippen LogP contribution in [-0.4, -0.2) is 58.7 Å². The third kappa shape index (κ3) is 5.20. The molecule has 0 bridgehead atoms. The minimum absolute atomic E-state index is 0.288. The maximum atomic E-state index is 12.3. The van der Waals surface area contributed by atoms with Crippen molar-refractivity contribution in [1.82, 2.24) is 25.7 Å². The molecule has 0 saturated carbocycles. The molecule has 0 spiro atoms. The van der Waals surface area contributed by atoms with Crippen LogP contribution in [0.25, 0.3) is 0 Å². The Labute approximate surface area is 146 Å². The molecule has 2 rings (SSSR count). The Bertz CT molecular complexity index is 635. The number of H-pyrrole nitrogens is 1. The lowest BCUT2D eigenvalue weighted by Gasteiger charge is -2.30. The number of carbonyl (C=O) groups is 3. The molecular formula is C16H25N5O4. The number of carbonyl (C=O) groups excluding carboxylic acids is 3. The van der Waals surface area contributed by atoms with Crippen molar-refractivity contribution >= 4 is 18.4 Å². The summed E-state index contributed by atoms with van der Waals surface area (Å²) in [4.78, 5) is 36.3. The van der Waals surface area contributed by atoms with Gasteiger partial charge in [-0.1, -0.05) is 0 Å². The number of amides is 3. The van der Waals surface area contributed by atoms with Crippen molar-refractivity contribution in [3.63, 3.8) is 0 Å². The summed E-state index contributed by atoms with van der Waals surface area (Å²) < 4.78 is 5.39. The minimum Gasteiger partial charge on any atom is -0.444 e. The topological polar surface area (TPSA) is 116 Å². The maximum Gasteiger partial charge on any atom is 0.410 e. The minimum atomic E-state index is -0.566. The summed E-state index contributed by atoms with van der Waals surface area (Å²) in [6.45, 7) is 7.17. The first kappa shape index (κ1) is 18.8. The molecule has 1 aliphatic rings. The van der Waals surface area contributed by atoms with E-state index in [1.165, 1.54) is 0 Å². The predicted octanol–water partition coefficient (Wildman–Crippen LogP) is 0.569. The van der Waals surface area contributed by atoms with Gasteiger partial charge < -0.3 is 20.3 Å². The van der Waals surface area contributed by atoms with Gasteiger partial charge in [-0.05, 0) is 27.2 Å². The number of hydrogen-bond acceptors (Lipinski definition) is 5. The van der Waals surface area contributed by atoms with Crippen molar-refractivity contribution < 1.29 is 19.1 Å². The fourth-order valence-electron chi connectivity index (χ4n) is 2.50. The number of ether oxygens (including phenoxy) is 1. The first-order chi connectivity index (χ1) is 11.8. The zero-order valence-electron chi connectivity index (χ0n) is 14.8. The van der Waals surface area contributed by atoms with Crippen LogP contribution in [0.1, 0.15) is 48.9 Å². The summed E-state index contributed by atoms with van der Waals surface area (Å²) in [7, 11) is 0. The summed E-state index contributed by atoms with van der Waals surface area (Å²) in [5.41, 5.74) is 1.32. The predicted molar refractivity (Wildman–Crippen MR) is 90.0 cm³/mol. The smallest absolute Gasteiger partial charge is 0.410 e. The van der Waals surface area contributed by atoms with Gasteiger partial charge in [-0.2, -0.15) is 5.10 Å². The summed E-state index contributed by atoms with van der Waals surface area (Å²) in [5, 5.41) is 12.3. The molecule has 0 aliphatic carbocycles. The normalized spacial score (nSPS) is 13.8. The average Bonchev–Trinajstić information content (AvgIpc) is 2.96. The van der Waals surface area contributed by atoms with Crippen LogP contribution in [0.2, 0.25) is 0 Å². The van der Waals surface area contributed by atoms with E-state index in [2.05, 4.69) is 20.8 Å². The number of rotatable bonds is 6. The van der Waals surface area contributed by atoms with E-state index in [4.69, 9.17) is 4.74 Å². The lowest BCUT2D eigenvalue weighted by Crippen LogP contribution is -2.40. The standard InChI is InChI=1S/C16H25N5O4/c1-16(2,3)25-15(24)21-8-5-12-11(9-21)13(20-19-12)14(23)18-7-4-6-17-10-22/h10H,4-9H2,1-3H3,(H,17,22)(H,18,23)(H,19,20). The van der Waals surface area contributed by atoms with Gasteiger partial charge in [0, 0.05) is 37.3 Å². The van der Waals surface area contributed by atoms with Crippen LogP contribution >= 0.6 is 0 Å². The fourth-order valence-corrected chi connectivity index (χ4v) is 2.50.